The van der Waals surface area contributed by atoms with Gasteiger partial charge in [0, 0.05) is 18.7 Å². The summed E-state index contributed by atoms with van der Waals surface area (Å²) in [5.41, 5.74) is 7.28. The smallest absolute Gasteiger partial charge is 0.213 e. The van der Waals surface area contributed by atoms with Crippen LogP contribution in [0.3, 0.4) is 0 Å². The van der Waals surface area contributed by atoms with Crippen molar-refractivity contribution in [3.8, 4) is 0 Å². The highest BCUT2D eigenvalue weighted by atomic mass is 32.1. The average Bonchev–Trinajstić information content (AvgIpc) is 2.82. The van der Waals surface area contributed by atoms with E-state index in [0.717, 1.165) is 11.3 Å². The van der Waals surface area contributed by atoms with Crippen LogP contribution in [0.5, 0.6) is 0 Å². The van der Waals surface area contributed by atoms with Gasteiger partial charge in [0.1, 0.15) is 10.8 Å². The molecule has 2 aromatic rings. The third-order valence-corrected chi connectivity index (χ3v) is 2.57. The van der Waals surface area contributed by atoms with Gasteiger partial charge in [0.15, 0.2) is 5.82 Å². The zero-order valence-corrected chi connectivity index (χ0v) is 10.7. The van der Waals surface area contributed by atoms with Crippen molar-refractivity contribution >= 4 is 23.0 Å². The van der Waals surface area contributed by atoms with Crippen LogP contribution in [0.2, 0.25) is 0 Å². The molecule has 2 aromatic heterocycles. The number of hydrogen-bond acceptors (Lipinski definition) is 6. The van der Waals surface area contributed by atoms with Gasteiger partial charge in [-0.15, -0.1) is 0 Å². The number of hydrogen-bond donors (Lipinski definition) is 2. The van der Waals surface area contributed by atoms with Gasteiger partial charge in [-0.2, -0.15) is 4.98 Å². The Hall–Kier alpha value is -2.02. The summed E-state index contributed by atoms with van der Waals surface area (Å²) in [5, 5.41) is 6.90. The molecule has 2 heterocycles. The first kappa shape index (κ1) is 12.4. The second kappa shape index (κ2) is 5.54. The van der Waals surface area contributed by atoms with Crippen LogP contribution < -0.4 is 11.1 Å². The fourth-order valence-electron chi connectivity index (χ4n) is 1.49. The summed E-state index contributed by atoms with van der Waals surface area (Å²) >= 11 is 4.98. The highest BCUT2D eigenvalue weighted by Gasteiger charge is 2.07. The molecule has 0 aliphatic carbocycles. The first-order chi connectivity index (χ1) is 8.66. The number of pyridine rings is 1. The molecule has 3 N–H and O–H groups in total. The van der Waals surface area contributed by atoms with Crippen LogP contribution in [0.25, 0.3) is 0 Å². The Labute approximate surface area is 110 Å². The Morgan fingerprint density at radius 3 is 3.00 bits per heavy atom. The molecule has 0 aliphatic heterocycles. The SMILES string of the molecule is Cc1ccc(C(N)=S)c(NCCc2ncon2)n1. The van der Waals surface area contributed by atoms with Crippen molar-refractivity contribution in [2.75, 3.05) is 11.9 Å². The Morgan fingerprint density at radius 2 is 2.33 bits per heavy atom. The fourth-order valence-corrected chi connectivity index (χ4v) is 1.65. The highest BCUT2D eigenvalue weighted by molar-refractivity contribution is 7.80. The standard InChI is InChI=1S/C11H13N5OS/c1-7-2-3-8(10(12)18)11(15-7)13-5-4-9-14-6-17-16-9/h2-3,6H,4-5H2,1H3,(H2,12,18)(H,13,15). The number of rotatable bonds is 5. The molecule has 0 saturated carbocycles. The third-order valence-electron chi connectivity index (χ3n) is 2.35. The van der Waals surface area contributed by atoms with E-state index in [9.17, 15) is 0 Å². The number of thiocarbonyl (C=S) groups is 1. The maximum atomic E-state index is 5.64. The number of anilines is 1. The molecule has 0 radical (unpaired) electrons. The lowest BCUT2D eigenvalue weighted by Gasteiger charge is -2.10. The molecule has 0 aromatic carbocycles. The van der Waals surface area contributed by atoms with Crippen LogP contribution in [0, 0.1) is 6.92 Å². The van der Waals surface area contributed by atoms with Gasteiger partial charge in [-0.25, -0.2) is 4.98 Å². The summed E-state index contributed by atoms with van der Waals surface area (Å²) in [7, 11) is 0. The van der Waals surface area contributed by atoms with Crippen LogP contribution in [-0.4, -0.2) is 26.7 Å². The molecule has 0 fully saturated rings. The van der Waals surface area contributed by atoms with Gasteiger partial charge >= 0.3 is 0 Å². The Kier molecular flexibility index (Phi) is 3.83. The Bertz CT molecular complexity index is 540. The number of nitrogens with zero attached hydrogens (tertiary/aromatic N) is 3. The summed E-state index contributed by atoms with van der Waals surface area (Å²) < 4.78 is 4.65. The minimum Gasteiger partial charge on any atom is -0.389 e. The largest absolute Gasteiger partial charge is 0.389 e. The molecule has 0 unspecified atom stereocenters. The normalized spacial score (nSPS) is 10.3. The van der Waals surface area contributed by atoms with Crippen LogP contribution >= 0.6 is 12.2 Å². The Morgan fingerprint density at radius 1 is 1.50 bits per heavy atom. The molecule has 0 atom stereocenters. The number of nitrogens with one attached hydrogen (secondary N) is 1. The van der Waals surface area contributed by atoms with Gasteiger partial charge in [0.05, 0.1) is 5.56 Å². The van der Waals surface area contributed by atoms with E-state index in [1.165, 1.54) is 6.39 Å². The van der Waals surface area contributed by atoms with Crippen LogP contribution in [0.4, 0.5) is 5.82 Å². The number of aromatic nitrogens is 3. The highest BCUT2D eigenvalue weighted by Crippen LogP contribution is 2.13. The minimum absolute atomic E-state index is 0.324. The van der Waals surface area contributed by atoms with Gasteiger partial charge in [-0.3, -0.25) is 0 Å². The zero-order chi connectivity index (χ0) is 13.0. The number of nitrogens with two attached hydrogens (primary N) is 1. The maximum Gasteiger partial charge on any atom is 0.213 e. The fraction of sp³-hybridized carbons (Fsp3) is 0.273. The first-order valence-corrected chi connectivity index (χ1v) is 5.84. The van der Waals surface area contributed by atoms with E-state index in [1.807, 2.05) is 19.1 Å². The van der Waals surface area contributed by atoms with Gasteiger partial charge in [-0.05, 0) is 19.1 Å². The molecular formula is C11H13N5OS. The second-order valence-electron chi connectivity index (χ2n) is 3.74. The van der Waals surface area contributed by atoms with E-state index in [0.29, 0.717) is 29.6 Å². The lowest BCUT2D eigenvalue weighted by Crippen LogP contribution is -2.16. The summed E-state index contributed by atoms with van der Waals surface area (Å²) in [5.74, 6) is 1.33. The van der Waals surface area contributed by atoms with E-state index < -0.39 is 0 Å². The van der Waals surface area contributed by atoms with Crippen molar-refractivity contribution in [2.45, 2.75) is 13.3 Å². The van der Waals surface area contributed by atoms with Gasteiger partial charge < -0.3 is 15.6 Å². The zero-order valence-electron chi connectivity index (χ0n) is 9.88. The van der Waals surface area contributed by atoms with Crippen molar-refractivity contribution in [1.82, 2.24) is 15.1 Å². The molecule has 18 heavy (non-hydrogen) atoms. The second-order valence-corrected chi connectivity index (χ2v) is 4.18. The summed E-state index contributed by atoms with van der Waals surface area (Å²) in [6.45, 7) is 2.54. The van der Waals surface area contributed by atoms with E-state index >= 15 is 0 Å². The average molecular weight is 263 g/mol. The van der Waals surface area contributed by atoms with E-state index in [1.54, 1.807) is 0 Å². The van der Waals surface area contributed by atoms with E-state index in [2.05, 4.69) is 25.0 Å². The van der Waals surface area contributed by atoms with E-state index in [-0.39, 0.29) is 0 Å². The molecule has 7 heteroatoms. The molecule has 0 amide bonds. The van der Waals surface area contributed by atoms with Crippen LogP contribution in [-0.2, 0) is 6.42 Å². The molecule has 2 rings (SSSR count). The lowest BCUT2D eigenvalue weighted by atomic mass is 10.2. The lowest BCUT2D eigenvalue weighted by molar-refractivity contribution is 0.410. The summed E-state index contributed by atoms with van der Waals surface area (Å²) in [6, 6.07) is 3.74. The molecule has 0 saturated heterocycles. The molecular weight excluding hydrogens is 250 g/mol. The predicted octanol–water partition coefficient (Wildman–Crippen LogP) is 1.06. The monoisotopic (exact) mass is 263 g/mol. The van der Waals surface area contributed by atoms with Crippen LogP contribution in [0.15, 0.2) is 23.0 Å². The van der Waals surface area contributed by atoms with Crippen molar-refractivity contribution in [1.29, 1.82) is 0 Å². The summed E-state index contributed by atoms with van der Waals surface area (Å²) in [6.07, 6.45) is 1.95. The molecule has 0 spiro atoms. The quantitative estimate of drug-likeness (QED) is 0.779. The molecule has 0 bridgehead atoms. The van der Waals surface area contributed by atoms with Crippen LogP contribution in [0.1, 0.15) is 17.1 Å². The van der Waals surface area contributed by atoms with Crippen molar-refractivity contribution in [3.05, 3.63) is 35.6 Å². The molecule has 0 aliphatic rings. The predicted molar refractivity (Wildman–Crippen MR) is 71.4 cm³/mol. The van der Waals surface area contributed by atoms with Crippen molar-refractivity contribution in [2.24, 2.45) is 5.73 Å². The molecule has 94 valence electrons. The van der Waals surface area contributed by atoms with E-state index in [4.69, 9.17) is 18.0 Å². The Balaban J connectivity index is 2.03. The topological polar surface area (TPSA) is 89.9 Å². The third kappa shape index (κ3) is 3.01. The number of aryl methyl sites for hydroxylation is 1. The van der Waals surface area contributed by atoms with Gasteiger partial charge in [-0.1, -0.05) is 17.4 Å². The minimum atomic E-state index is 0.324. The van der Waals surface area contributed by atoms with Gasteiger partial charge in [0.25, 0.3) is 0 Å². The first-order valence-electron chi connectivity index (χ1n) is 5.43. The van der Waals surface area contributed by atoms with Gasteiger partial charge in [0.2, 0.25) is 6.39 Å². The maximum absolute atomic E-state index is 5.64. The van der Waals surface area contributed by atoms with Crippen molar-refractivity contribution in [3.63, 3.8) is 0 Å². The summed E-state index contributed by atoms with van der Waals surface area (Å²) in [4.78, 5) is 8.63. The molecule has 6 nitrogen and oxygen atoms in total. The van der Waals surface area contributed by atoms with Crippen molar-refractivity contribution < 1.29 is 4.52 Å².